The number of hydrogen-bond acceptors (Lipinski definition) is 3. The largest absolute Gasteiger partial charge is 0.482 e. The molecule has 0 spiro atoms. The number of carbonyl (C=O) groups is 2. The van der Waals surface area contributed by atoms with Crippen molar-refractivity contribution in [3.8, 4) is 5.75 Å². The molecule has 0 aliphatic heterocycles. The highest BCUT2D eigenvalue weighted by Crippen LogP contribution is 2.28. The first-order chi connectivity index (χ1) is 14.8. The molecular weight excluding hydrogens is 503 g/mol. The Balaban J connectivity index is 1.74. The molecular formula is C23H25BrCl2N2O3. The third kappa shape index (κ3) is 6.61. The van der Waals surface area contributed by atoms with Crippen LogP contribution in [0.15, 0.2) is 46.9 Å². The van der Waals surface area contributed by atoms with E-state index in [1.807, 2.05) is 18.2 Å². The Labute approximate surface area is 201 Å². The Bertz CT molecular complexity index is 935. The number of rotatable bonds is 8. The van der Waals surface area contributed by atoms with Crippen LogP contribution in [-0.2, 0) is 16.1 Å². The highest BCUT2D eigenvalue weighted by molar-refractivity contribution is 9.10. The molecule has 2 aromatic rings. The summed E-state index contributed by atoms with van der Waals surface area (Å²) in [6.07, 6.45) is 4.18. The molecule has 0 aromatic heterocycles. The van der Waals surface area contributed by atoms with Crippen molar-refractivity contribution in [3.63, 3.8) is 0 Å². The van der Waals surface area contributed by atoms with Crippen LogP contribution in [0.5, 0.6) is 5.75 Å². The standard InChI is InChI=1S/C23H25BrCl2N2O3/c1-15(23(30)27-18-7-3-4-8-18)28(13-16-6-2-5-9-19(16)25)22(29)14-31-21-11-10-17(24)12-20(21)26/h2,5-6,9-12,15,18H,3-4,7-8,13-14H2,1H3,(H,27,30)/t15-/m1/s1. The maximum absolute atomic E-state index is 13.1. The first kappa shape index (κ1) is 23.9. The Morgan fingerprint density at radius 1 is 1.16 bits per heavy atom. The van der Waals surface area contributed by atoms with Gasteiger partial charge in [0.1, 0.15) is 11.8 Å². The van der Waals surface area contributed by atoms with E-state index in [1.165, 1.54) is 4.90 Å². The second-order valence-corrected chi connectivity index (χ2v) is 9.37. The number of amides is 2. The number of ether oxygens (including phenoxy) is 1. The van der Waals surface area contributed by atoms with Crippen molar-refractivity contribution < 1.29 is 14.3 Å². The van der Waals surface area contributed by atoms with Crippen molar-refractivity contribution in [1.82, 2.24) is 10.2 Å². The number of carbonyl (C=O) groups excluding carboxylic acids is 2. The van der Waals surface area contributed by atoms with Gasteiger partial charge < -0.3 is 15.0 Å². The van der Waals surface area contributed by atoms with Crippen LogP contribution in [-0.4, -0.2) is 35.4 Å². The van der Waals surface area contributed by atoms with Crippen LogP contribution in [0.3, 0.4) is 0 Å². The summed E-state index contributed by atoms with van der Waals surface area (Å²) in [4.78, 5) is 27.5. The zero-order valence-electron chi connectivity index (χ0n) is 17.2. The molecule has 1 fully saturated rings. The van der Waals surface area contributed by atoms with Gasteiger partial charge in [-0.25, -0.2) is 0 Å². The van der Waals surface area contributed by atoms with Gasteiger partial charge in [0.05, 0.1) is 5.02 Å². The van der Waals surface area contributed by atoms with E-state index in [1.54, 1.807) is 31.2 Å². The number of halogens is 3. The molecule has 0 bridgehead atoms. The van der Waals surface area contributed by atoms with Crippen LogP contribution < -0.4 is 10.1 Å². The van der Waals surface area contributed by atoms with Gasteiger partial charge in [-0.2, -0.15) is 0 Å². The normalized spacial score (nSPS) is 14.8. The maximum Gasteiger partial charge on any atom is 0.261 e. The molecule has 31 heavy (non-hydrogen) atoms. The molecule has 2 aromatic carbocycles. The number of benzene rings is 2. The topological polar surface area (TPSA) is 58.6 Å². The van der Waals surface area contributed by atoms with Crippen molar-refractivity contribution in [3.05, 3.63) is 62.5 Å². The second kappa shape index (κ2) is 11.2. The van der Waals surface area contributed by atoms with Gasteiger partial charge in [0.2, 0.25) is 5.91 Å². The average molecular weight is 528 g/mol. The number of hydrogen-bond donors (Lipinski definition) is 1. The highest BCUT2D eigenvalue weighted by Gasteiger charge is 2.29. The fraction of sp³-hybridized carbons (Fsp3) is 0.391. The summed E-state index contributed by atoms with van der Waals surface area (Å²) in [5, 5.41) is 4.01. The SMILES string of the molecule is C[C@H](C(=O)NC1CCCC1)N(Cc1ccccc1Cl)C(=O)COc1ccc(Br)cc1Cl. The van der Waals surface area contributed by atoms with E-state index in [-0.39, 0.29) is 31.0 Å². The van der Waals surface area contributed by atoms with Crippen LogP contribution in [0, 0.1) is 0 Å². The lowest BCUT2D eigenvalue weighted by atomic mass is 10.1. The molecule has 166 valence electrons. The molecule has 8 heteroatoms. The Morgan fingerprint density at radius 2 is 1.87 bits per heavy atom. The predicted octanol–water partition coefficient (Wildman–Crippen LogP) is 5.61. The van der Waals surface area contributed by atoms with Crippen LogP contribution in [0.2, 0.25) is 10.0 Å². The summed E-state index contributed by atoms with van der Waals surface area (Å²) < 4.78 is 6.47. The number of nitrogens with zero attached hydrogens (tertiary/aromatic N) is 1. The molecule has 3 rings (SSSR count). The fourth-order valence-corrected chi connectivity index (χ4v) is 4.52. The first-order valence-corrected chi connectivity index (χ1v) is 11.8. The van der Waals surface area contributed by atoms with Crippen molar-refractivity contribution in [2.75, 3.05) is 6.61 Å². The van der Waals surface area contributed by atoms with Crippen molar-refractivity contribution in [1.29, 1.82) is 0 Å². The van der Waals surface area contributed by atoms with E-state index in [0.29, 0.717) is 15.8 Å². The highest BCUT2D eigenvalue weighted by atomic mass is 79.9. The van der Waals surface area contributed by atoms with E-state index in [2.05, 4.69) is 21.2 Å². The molecule has 2 amide bonds. The van der Waals surface area contributed by atoms with E-state index in [0.717, 1.165) is 35.7 Å². The summed E-state index contributed by atoms with van der Waals surface area (Å²) in [5.41, 5.74) is 0.764. The Kier molecular flexibility index (Phi) is 8.64. The minimum atomic E-state index is -0.673. The number of nitrogens with one attached hydrogen (secondary N) is 1. The molecule has 1 N–H and O–H groups in total. The molecule has 1 saturated carbocycles. The van der Waals surface area contributed by atoms with E-state index >= 15 is 0 Å². The van der Waals surface area contributed by atoms with Gasteiger partial charge in [-0.3, -0.25) is 9.59 Å². The Hall–Kier alpha value is -1.76. The monoisotopic (exact) mass is 526 g/mol. The lowest BCUT2D eigenvalue weighted by Gasteiger charge is -2.30. The average Bonchev–Trinajstić information content (AvgIpc) is 3.25. The Morgan fingerprint density at radius 3 is 2.55 bits per heavy atom. The van der Waals surface area contributed by atoms with Crippen LogP contribution >= 0.6 is 39.1 Å². The van der Waals surface area contributed by atoms with Gasteiger partial charge >= 0.3 is 0 Å². The molecule has 1 atom stereocenters. The minimum Gasteiger partial charge on any atom is -0.482 e. The van der Waals surface area contributed by atoms with Crippen molar-refractivity contribution in [2.24, 2.45) is 0 Å². The third-order valence-corrected chi connectivity index (χ3v) is 6.57. The summed E-state index contributed by atoms with van der Waals surface area (Å²) in [5.74, 6) is -0.0964. The molecule has 5 nitrogen and oxygen atoms in total. The van der Waals surface area contributed by atoms with Gasteiger partial charge in [0.25, 0.3) is 5.91 Å². The molecule has 0 heterocycles. The summed E-state index contributed by atoms with van der Waals surface area (Å²) in [6, 6.07) is 12.0. The summed E-state index contributed by atoms with van der Waals surface area (Å²) in [7, 11) is 0. The molecule has 0 unspecified atom stereocenters. The van der Waals surface area contributed by atoms with Gasteiger partial charge in [0.15, 0.2) is 6.61 Å². The van der Waals surface area contributed by atoms with Gasteiger partial charge in [-0.15, -0.1) is 0 Å². The smallest absolute Gasteiger partial charge is 0.261 e. The lowest BCUT2D eigenvalue weighted by molar-refractivity contribution is -0.142. The molecule has 1 aliphatic carbocycles. The fourth-order valence-electron chi connectivity index (χ4n) is 3.60. The molecule has 0 saturated heterocycles. The van der Waals surface area contributed by atoms with Gasteiger partial charge in [-0.05, 0) is 49.6 Å². The minimum absolute atomic E-state index is 0.171. The third-order valence-electron chi connectivity index (χ3n) is 5.41. The summed E-state index contributed by atoms with van der Waals surface area (Å²) in [6.45, 7) is 1.69. The maximum atomic E-state index is 13.1. The molecule has 1 aliphatic rings. The lowest BCUT2D eigenvalue weighted by Crippen LogP contribution is -2.50. The van der Waals surface area contributed by atoms with Crippen LogP contribution in [0.1, 0.15) is 38.2 Å². The second-order valence-electron chi connectivity index (χ2n) is 7.64. The quantitative estimate of drug-likeness (QED) is 0.485. The van der Waals surface area contributed by atoms with Crippen molar-refractivity contribution >= 4 is 50.9 Å². The zero-order chi connectivity index (χ0) is 22.4. The first-order valence-electron chi connectivity index (χ1n) is 10.3. The van der Waals surface area contributed by atoms with Crippen LogP contribution in [0.4, 0.5) is 0 Å². The van der Waals surface area contributed by atoms with Gasteiger partial charge in [-0.1, -0.05) is 70.2 Å². The molecule has 0 radical (unpaired) electrons. The van der Waals surface area contributed by atoms with Crippen LogP contribution in [0.25, 0.3) is 0 Å². The van der Waals surface area contributed by atoms with E-state index in [9.17, 15) is 9.59 Å². The summed E-state index contributed by atoms with van der Waals surface area (Å²) >= 11 is 15.8. The zero-order valence-corrected chi connectivity index (χ0v) is 20.3. The van der Waals surface area contributed by atoms with E-state index < -0.39 is 6.04 Å². The van der Waals surface area contributed by atoms with Gasteiger partial charge in [0, 0.05) is 22.1 Å². The predicted molar refractivity (Wildman–Crippen MR) is 127 cm³/mol. The van der Waals surface area contributed by atoms with E-state index in [4.69, 9.17) is 27.9 Å². The van der Waals surface area contributed by atoms with Crippen molar-refractivity contribution in [2.45, 2.75) is 51.2 Å².